The Morgan fingerprint density at radius 2 is 1.90 bits per heavy atom. The van der Waals surface area contributed by atoms with Crippen molar-refractivity contribution in [2.45, 2.75) is 31.5 Å². The van der Waals surface area contributed by atoms with Gasteiger partial charge in [-0.15, -0.1) is 0 Å². The highest BCUT2D eigenvalue weighted by atomic mass is 19.4. The molecule has 1 heterocycles. The van der Waals surface area contributed by atoms with Crippen molar-refractivity contribution in [2.75, 3.05) is 0 Å². The Bertz CT molecular complexity index is 534. The highest BCUT2D eigenvalue weighted by Gasteiger charge is 2.26. The number of benzene rings is 1. The minimum atomic E-state index is -4.12. The van der Waals surface area contributed by atoms with Crippen LogP contribution in [-0.4, -0.2) is 16.0 Å². The number of hydrogen-bond acceptors (Lipinski definition) is 2. The van der Waals surface area contributed by atoms with E-state index < -0.39 is 18.6 Å². The summed E-state index contributed by atoms with van der Waals surface area (Å²) in [6, 6.07) is 9.05. The number of aromatic nitrogens is 2. The Kier molecular flexibility index (Phi) is 4.44. The van der Waals surface area contributed by atoms with Gasteiger partial charge in [0.05, 0.1) is 11.9 Å². The molecular formula is C14H16F3N3. The second-order valence-electron chi connectivity index (χ2n) is 4.67. The lowest BCUT2D eigenvalue weighted by Gasteiger charge is -2.10. The van der Waals surface area contributed by atoms with Crippen molar-refractivity contribution in [1.82, 2.24) is 9.78 Å². The number of hydrogen-bond donors (Lipinski definition) is 1. The number of halogens is 3. The average molecular weight is 283 g/mol. The van der Waals surface area contributed by atoms with Crippen LogP contribution in [0.5, 0.6) is 0 Å². The van der Waals surface area contributed by atoms with Crippen LogP contribution in [-0.2, 0) is 0 Å². The molecule has 3 nitrogen and oxygen atoms in total. The monoisotopic (exact) mass is 283 g/mol. The summed E-state index contributed by atoms with van der Waals surface area (Å²) in [6.45, 7) is 0. The predicted molar refractivity (Wildman–Crippen MR) is 70.4 cm³/mol. The van der Waals surface area contributed by atoms with Crippen molar-refractivity contribution >= 4 is 0 Å². The highest BCUT2D eigenvalue weighted by molar-refractivity contribution is 5.31. The molecule has 0 saturated carbocycles. The lowest BCUT2D eigenvalue weighted by molar-refractivity contribution is -0.135. The van der Waals surface area contributed by atoms with Crippen LogP contribution >= 0.6 is 0 Å². The van der Waals surface area contributed by atoms with Crippen molar-refractivity contribution in [1.29, 1.82) is 0 Å². The van der Waals surface area contributed by atoms with Crippen molar-refractivity contribution in [3.05, 3.63) is 48.3 Å². The van der Waals surface area contributed by atoms with Gasteiger partial charge in [-0.1, -0.05) is 18.2 Å². The maximum atomic E-state index is 12.1. The zero-order chi connectivity index (χ0) is 14.6. The third-order valence-corrected chi connectivity index (χ3v) is 3.03. The van der Waals surface area contributed by atoms with Gasteiger partial charge >= 0.3 is 6.18 Å². The first kappa shape index (κ1) is 14.6. The summed E-state index contributed by atoms with van der Waals surface area (Å²) in [5.74, 6) is 0. The molecule has 2 rings (SSSR count). The second-order valence-corrected chi connectivity index (χ2v) is 4.67. The van der Waals surface area contributed by atoms with Gasteiger partial charge in [-0.05, 0) is 25.0 Å². The first-order valence-corrected chi connectivity index (χ1v) is 6.38. The quantitative estimate of drug-likeness (QED) is 0.911. The molecule has 1 unspecified atom stereocenters. The molecule has 0 radical (unpaired) electrons. The van der Waals surface area contributed by atoms with E-state index >= 15 is 0 Å². The van der Waals surface area contributed by atoms with E-state index in [1.807, 2.05) is 30.3 Å². The molecule has 1 aromatic heterocycles. The first-order valence-electron chi connectivity index (χ1n) is 6.38. The molecule has 1 aromatic carbocycles. The topological polar surface area (TPSA) is 43.8 Å². The molecule has 6 heteroatoms. The second kappa shape index (κ2) is 6.09. The molecule has 0 saturated heterocycles. The first-order chi connectivity index (χ1) is 9.46. The number of para-hydroxylation sites is 1. The van der Waals surface area contributed by atoms with Gasteiger partial charge in [0.15, 0.2) is 0 Å². The number of nitrogens with zero attached hydrogens (tertiary/aromatic N) is 2. The Hall–Kier alpha value is -1.82. The van der Waals surface area contributed by atoms with Crippen LogP contribution in [0.25, 0.3) is 5.69 Å². The van der Waals surface area contributed by atoms with E-state index in [1.165, 1.54) is 0 Å². The van der Waals surface area contributed by atoms with Gasteiger partial charge in [0.25, 0.3) is 0 Å². The van der Waals surface area contributed by atoms with Gasteiger partial charge in [-0.3, -0.25) is 0 Å². The molecule has 0 aliphatic carbocycles. The van der Waals surface area contributed by atoms with E-state index in [0.29, 0.717) is 6.42 Å². The van der Waals surface area contributed by atoms with Crippen molar-refractivity contribution in [3.63, 3.8) is 0 Å². The van der Waals surface area contributed by atoms with Crippen molar-refractivity contribution in [2.24, 2.45) is 5.73 Å². The molecule has 108 valence electrons. The Balaban J connectivity index is 1.95. The zero-order valence-corrected chi connectivity index (χ0v) is 10.8. The van der Waals surface area contributed by atoms with Gasteiger partial charge in [-0.2, -0.15) is 18.3 Å². The maximum Gasteiger partial charge on any atom is 0.389 e. The minimum absolute atomic E-state index is 0.0290. The Morgan fingerprint density at radius 1 is 1.20 bits per heavy atom. The highest BCUT2D eigenvalue weighted by Crippen LogP contribution is 2.25. The summed E-state index contributed by atoms with van der Waals surface area (Å²) in [5, 5.41) is 4.18. The normalized spacial score (nSPS) is 13.4. The van der Waals surface area contributed by atoms with Gasteiger partial charge in [0, 0.05) is 24.2 Å². The fourth-order valence-corrected chi connectivity index (χ4v) is 1.94. The summed E-state index contributed by atoms with van der Waals surface area (Å²) in [7, 11) is 0. The molecule has 0 spiro atoms. The number of alkyl halides is 3. The van der Waals surface area contributed by atoms with Crippen LogP contribution < -0.4 is 5.73 Å². The van der Waals surface area contributed by atoms with Gasteiger partial charge in [-0.25, -0.2) is 4.68 Å². The predicted octanol–water partition coefficient (Wildman–Crippen LogP) is 3.60. The zero-order valence-electron chi connectivity index (χ0n) is 10.8. The largest absolute Gasteiger partial charge is 0.389 e. The van der Waals surface area contributed by atoms with Gasteiger partial charge in [0.2, 0.25) is 0 Å². The lowest BCUT2D eigenvalue weighted by Crippen LogP contribution is -2.12. The van der Waals surface area contributed by atoms with Gasteiger partial charge < -0.3 is 5.73 Å². The summed E-state index contributed by atoms with van der Waals surface area (Å²) < 4.78 is 37.9. The van der Waals surface area contributed by atoms with Crippen LogP contribution in [0.1, 0.15) is 30.9 Å². The minimum Gasteiger partial charge on any atom is -0.324 e. The number of rotatable bonds is 5. The molecule has 0 bridgehead atoms. The summed E-state index contributed by atoms with van der Waals surface area (Å²) >= 11 is 0. The standard InChI is InChI=1S/C14H16F3N3/c15-14(16,17)8-4-7-13(18)11-9-19-20(10-11)12-5-2-1-3-6-12/h1-3,5-6,9-10,13H,4,7-8,18H2. The molecule has 1 atom stereocenters. The van der Waals surface area contributed by atoms with Crippen LogP contribution in [0.3, 0.4) is 0 Å². The van der Waals surface area contributed by atoms with Crippen LogP contribution in [0.2, 0.25) is 0 Å². The van der Waals surface area contributed by atoms with E-state index in [9.17, 15) is 13.2 Å². The van der Waals surface area contributed by atoms with E-state index in [1.54, 1.807) is 17.1 Å². The molecule has 0 aliphatic rings. The van der Waals surface area contributed by atoms with Crippen LogP contribution in [0.4, 0.5) is 13.2 Å². The maximum absolute atomic E-state index is 12.1. The summed E-state index contributed by atoms with van der Waals surface area (Å²) in [4.78, 5) is 0. The fourth-order valence-electron chi connectivity index (χ4n) is 1.94. The summed E-state index contributed by atoms with van der Waals surface area (Å²) in [5.41, 5.74) is 7.53. The van der Waals surface area contributed by atoms with E-state index in [-0.39, 0.29) is 6.42 Å². The Labute approximate surface area is 115 Å². The average Bonchev–Trinajstić information content (AvgIpc) is 2.88. The van der Waals surface area contributed by atoms with Gasteiger partial charge in [0.1, 0.15) is 0 Å². The lowest BCUT2D eigenvalue weighted by atomic mass is 10.1. The van der Waals surface area contributed by atoms with Crippen LogP contribution in [0.15, 0.2) is 42.7 Å². The van der Waals surface area contributed by atoms with Crippen LogP contribution in [0, 0.1) is 0 Å². The molecule has 2 N–H and O–H groups in total. The van der Waals surface area contributed by atoms with E-state index in [4.69, 9.17) is 5.73 Å². The molecular weight excluding hydrogens is 267 g/mol. The fraction of sp³-hybridized carbons (Fsp3) is 0.357. The smallest absolute Gasteiger partial charge is 0.324 e. The molecule has 0 amide bonds. The van der Waals surface area contributed by atoms with E-state index in [0.717, 1.165) is 11.3 Å². The van der Waals surface area contributed by atoms with E-state index in [2.05, 4.69) is 5.10 Å². The molecule has 0 fully saturated rings. The SMILES string of the molecule is NC(CCCC(F)(F)F)c1cnn(-c2ccccc2)c1. The third kappa shape index (κ3) is 4.09. The van der Waals surface area contributed by atoms with Crippen molar-refractivity contribution < 1.29 is 13.2 Å². The molecule has 0 aliphatic heterocycles. The molecule has 20 heavy (non-hydrogen) atoms. The van der Waals surface area contributed by atoms with Crippen molar-refractivity contribution in [3.8, 4) is 5.69 Å². The summed E-state index contributed by atoms with van der Waals surface area (Å²) in [6.07, 6.45) is -1.23. The Morgan fingerprint density at radius 3 is 2.55 bits per heavy atom. The third-order valence-electron chi connectivity index (χ3n) is 3.03. The molecule has 2 aromatic rings. The number of nitrogens with two attached hydrogens (primary N) is 1.